The third-order valence-corrected chi connectivity index (χ3v) is 5.54. The molecule has 0 saturated carbocycles. The number of carbonyl (C=O) groups is 4. The van der Waals surface area contributed by atoms with E-state index >= 15 is 0 Å². The molecular formula is C28H43NO10. The number of benzene rings is 1. The Morgan fingerprint density at radius 3 is 1.87 bits per heavy atom. The van der Waals surface area contributed by atoms with Crippen LogP contribution >= 0.6 is 0 Å². The van der Waals surface area contributed by atoms with Gasteiger partial charge in [-0.05, 0) is 63.1 Å². The number of carboxylic acids is 1. The minimum absolute atomic E-state index is 0.00758. The highest BCUT2D eigenvalue weighted by molar-refractivity contribution is 5.74. The summed E-state index contributed by atoms with van der Waals surface area (Å²) in [5, 5.41) is 12.6. The van der Waals surface area contributed by atoms with Gasteiger partial charge in [0.15, 0.2) is 11.5 Å². The highest BCUT2D eigenvalue weighted by atomic mass is 16.7. The number of hydrogen-bond acceptors (Lipinski definition) is 10. The van der Waals surface area contributed by atoms with E-state index in [1.165, 1.54) is 12.1 Å². The zero-order valence-electron chi connectivity index (χ0n) is 24.2. The van der Waals surface area contributed by atoms with Gasteiger partial charge < -0.3 is 34.1 Å². The van der Waals surface area contributed by atoms with Crippen LogP contribution in [0.15, 0.2) is 18.2 Å². The van der Waals surface area contributed by atoms with Crippen molar-refractivity contribution < 1.29 is 48.0 Å². The minimum atomic E-state index is -1.13. The molecule has 0 bridgehead atoms. The lowest BCUT2D eigenvalue weighted by Crippen LogP contribution is -2.42. The smallest absolute Gasteiger partial charge is 0.480 e. The lowest BCUT2D eigenvalue weighted by Gasteiger charge is -2.21. The third-order valence-electron chi connectivity index (χ3n) is 5.54. The Labute approximate surface area is 230 Å². The van der Waals surface area contributed by atoms with Crippen molar-refractivity contribution in [1.82, 2.24) is 5.32 Å². The molecule has 11 nitrogen and oxygen atoms in total. The Morgan fingerprint density at radius 1 is 0.846 bits per heavy atom. The molecule has 11 heteroatoms. The Kier molecular flexibility index (Phi) is 13.8. The van der Waals surface area contributed by atoms with E-state index in [0.29, 0.717) is 18.4 Å². The second-order valence-electron chi connectivity index (χ2n) is 10.7. The van der Waals surface area contributed by atoms with Gasteiger partial charge in [-0.2, -0.15) is 0 Å². The number of nitrogens with one attached hydrogen (secondary N) is 1. The van der Waals surface area contributed by atoms with Gasteiger partial charge in [-0.3, -0.25) is 9.59 Å². The lowest BCUT2D eigenvalue weighted by atomic mass is 9.92. The zero-order chi connectivity index (χ0) is 29.8. The first-order valence-corrected chi connectivity index (χ1v) is 13.2. The Balaban J connectivity index is 3.01. The molecule has 1 aromatic carbocycles. The van der Waals surface area contributed by atoms with Crippen molar-refractivity contribution in [2.75, 3.05) is 6.54 Å². The molecule has 0 fully saturated rings. The van der Waals surface area contributed by atoms with E-state index < -0.39 is 36.5 Å². The van der Waals surface area contributed by atoms with Crippen molar-refractivity contribution in [3.8, 4) is 11.5 Å². The number of esters is 1. The minimum Gasteiger partial charge on any atom is -0.480 e. The zero-order valence-corrected chi connectivity index (χ0v) is 24.2. The molecule has 0 aliphatic heterocycles. The van der Waals surface area contributed by atoms with Crippen LogP contribution in [0.5, 0.6) is 11.5 Å². The molecule has 3 unspecified atom stereocenters. The van der Waals surface area contributed by atoms with Crippen LogP contribution in [0.25, 0.3) is 0 Å². The van der Waals surface area contributed by atoms with Crippen LogP contribution in [-0.2, 0) is 30.2 Å². The molecule has 0 radical (unpaired) electrons. The Hall–Kier alpha value is -3.34. The molecule has 0 aromatic heterocycles. The predicted octanol–water partition coefficient (Wildman–Crippen LogP) is 5.27. The molecule has 0 heterocycles. The summed E-state index contributed by atoms with van der Waals surface area (Å²) in [4.78, 5) is 48.4. The van der Waals surface area contributed by atoms with E-state index in [2.05, 4.69) is 5.32 Å². The fourth-order valence-corrected chi connectivity index (χ4v) is 3.10. The number of carboxylic acid groups (broad SMARTS) is 1. The summed E-state index contributed by atoms with van der Waals surface area (Å²) in [5.41, 5.74) is 0.247. The molecule has 2 N–H and O–H groups in total. The number of ether oxygens (including phenoxy) is 5. The third kappa shape index (κ3) is 13.9. The SMILES string of the molecule is CCC(C)OC(=O)Oc1ccc(C[C@H](NCC(C)OC(=O)CC(C)(C)C)C(=O)O)cc1OC(=O)OC(C)CC. The van der Waals surface area contributed by atoms with Gasteiger partial charge in [-0.1, -0.05) is 40.7 Å². The summed E-state index contributed by atoms with van der Waals surface area (Å²) < 4.78 is 26.2. The summed E-state index contributed by atoms with van der Waals surface area (Å²) >= 11 is 0. The van der Waals surface area contributed by atoms with Crippen LogP contribution in [0, 0.1) is 5.41 Å². The van der Waals surface area contributed by atoms with Crippen LogP contribution in [0.1, 0.15) is 80.2 Å². The molecule has 0 saturated heterocycles. The predicted molar refractivity (Wildman–Crippen MR) is 143 cm³/mol. The van der Waals surface area contributed by atoms with E-state index in [1.807, 2.05) is 34.6 Å². The normalized spacial score (nSPS) is 14.4. The molecule has 1 rings (SSSR count). The van der Waals surface area contributed by atoms with Gasteiger partial charge in [0.2, 0.25) is 0 Å². The van der Waals surface area contributed by atoms with E-state index in [9.17, 15) is 24.3 Å². The molecular weight excluding hydrogens is 510 g/mol. The van der Waals surface area contributed by atoms with Crippen LogP contribution in [0.4, 0.5) is 9.59 Å². The van der Waals surface area contributed by atoms with E-state index in [-0.39, 0.29) is 48.4 Å². The quantitative estimate of drug-likeness (QED) is 0.176. The average Bonchev–Trinajstić information content (AvgIpc) is 2.81. The molecule has 4 atom stereocenters. The van der Waals surface area contributed by atoms with Gasteiger partial charge in [0.1, 0.15) is 24.4 Å². The van der Waals surface area contributed by atoms with Crippen LogP contribution in [-0.4, -0.2) is 60.3 Å². The van der Waals surface area contributed by atoms with Crippen LogP contribution in [0.2, 0.25) is 0 Å². The van der Waals surface area contributed by atoms with Crippen molar-refractivity contribution in [3.05, 3.63) is 23.8 Å². The summed E-state index contributed by atoms with van der Waals surface area (Å²) in [6.07, 6.45) is -1.93. The fourth-order valence-electron chi connectivity index (χ4n) is 3.10. The average molecular weight is 554 g/mol. The summed E-state index contributed by atoms with van der Waals surface area (Å²) in [7, 11) is 0. The van der Waals surface area contributed by atoms with Gasteiger partial charge in [-0.25, -0.2) is 9.59 Å². The van der Waals surface area contributed by atoms with Crippen molar-refractivity contribution in [2.24, 2.45) is 5.41 Å². The number of rotatable bonds is 14. The van der Waals surface area contributed by atoms with Gasteiger partial charge in [-0.15, -0.1) is 0 Å². The van der Waals surface area contributed by atoms with E-state index in [0.717, 1.165) is 0 Å². The summed E-state index contributed by atoms with van der Waals surface area (Å²) in [5.74, 6) is -1.71. The molecule has 0 spiro atoms. The van der Waals surface area contributed by atoms with Crippen molar-refractivity contribution >= 4 is 24.2 Å². The monoisotopic (exact) mass is 553 g/mol. The number of aliphatic carboxylic acids is 1. The second-order valence-corrected chi connectivity index (χ2v) is 10.7. The Bertz CT molecular complexity index is 972. The molecule has 0 aliphatic rings. The van der Waals surface area contributed by atoms with Gasteiger partial charge >= 0.3 is 24.2 Å². The molecule has 220 valence electrons. The fraction of sp³-hybridized carbons (Fsp3) is 0.643. The maximum atomic E-state index is 12.3. The maximum Gasteiger partial charge on any atom is 0.514 e. The standard InChI is InChI=1S/C28H43NO10/c1-9-17(3)36-26(33)38-22-12-11-20(14-23(22)39-27(34)37-18(4)10-2)13-21(25(31)32)29-16-19(5)35-24(30)15-28(6,7)8/h11-12,14,17-19,21,29H,9-10,13,15-16H2,1-8H3,(H,31,32)/t17?,18?,19?,21-/m0/s1. The van der Waals surface area contributed by atoms with Gasteiger partial charge in [0, 0.05) is 6.54 Å². The summed E-state index contributed by atoms with van der Waals surface area (Å²) in [6.45, 7) is 14.6. The molecule has 0 amide bonds. The number of hydrogen-bond donors (Lipinski definition) is 2. The molecule has 39 heavy (non-hydrogen) atoms. The molecule has 1 aromatic rings. The van der Waals surface area contributed by atoms with Crippen molar-refractivity contribution in [3.63, 3.8) is 0 Å². The second kappa shape index (κ2) is 15.9. The van der Waals surface area contributed by atoms with Crippen molar-refractivity contribution in [1.29, 1.82) is 0 Å². The van der Waals surface area contributed by atoms with Crippen molar-refractivity contribution in [2.45, 2.75) is 105 Å². The molecule has 0 aliphatic carbocycles. The number of carbonyl (C=O) groups excluding carboxylic acids is 3. The largest absolute Gasteiger partial charge is 0.514 e. The van der Waals surface area contributed by atoms with E-state index in [4.69, 9.17) is 23.7 Å². The van der Waals surface area contributed by atoms with Gasteiger partial charge in [0.05, 0.1) is 6.42 Å². The first kappa shape index (κ1) is 33.7. The first-order valence-electron chi connectivity index (χ1n) is 13.2. The van der Waals surface area contributed by atoms with E-state index in [1.54, 1.807) is 26.8 Å². The lowest BCUT2D eigenvalue weighted by molar-refractivity contribution is -0.150. The van der Waals surface area contributed by atoms with Gasteiger partial charge in [0.25, 0.3) is 0 Å². The Morgan fingerprint density at radius 2 is 1.38 bits per heavy atom. The maximum absolute atomic E-state index is 12.3. The van der Waals surface area contributed by atoms with Crippen LogP contribution < -0.4 is 14.8 Å². The van der Waals surface area contributed by atoms with Crippen LogP contribution in [0.3, 0.4) is 0 Å². The highest BCUT2D eigenvalue weighted by Crippen LogP contribution is 2.30. The summed E-state index contributed by atoms with van der Waals surface area (Å²) in [6, 6.07) is 3.28. The topological polar surface area (TPSA) is 147 Å². The first-order chi connectivity index (χ1) is 18.1. The highest BCUT2D eigenvalue weighted by Gasteiger charge is 2.24.